The fourth-order valence-corrected chi connectivity index (χ4v) is 5.22. The second-order valence-electron chi connectivity index (χ2n) is 13.3. The molecule has 0 aliphatic heterocycles. The van der Waals surface area contributed by atoms with E-state index >= 15 is 0 Å². The van der Waals surface area contributed by atoms with Crippen molar-refractivity contribution >= 4 is 32.8 Å². The summed E-state index contributed by atoms with van der Waals surface area (Å²) in [5.74, 6) is 2.95. The van der Waals surface area contributed by atoms with Gasteiger partial charge in [-0.25, -0.2) is 9.97 Å². The molecule has 0 unspecified atom stereocenters. The molecule has 0 spiro atoms. The van der Waals surface area contributed by atoms with Crippen LogP contribution in [0.15, 0.2) is 97.7 Å². The molecule has 7 aromatic rings. The van der Waals surface area contributed by atoms with Crippen molar-refractivity contribution in [3.8, 4) is 5.88 Å². The molecule has 7 heteroatoms. The van der Waals surface area contributed by atoms with Crippen molar-refractivity contribution in [3.05, 3.63) is 120 Å². The number of fused-ring (bicyclic) bond motifs is 3. The van der Waals surface area contributed by atoms with Gasteiger partial charge in [-0.1, -0.05) is 85.7 Å². The van der Waals surface area contributed by atoms with E-state index in [4.69, 9.17) is 4.74 Å². The fraction of sp³-hybridized carbons (Fsp3) is 0.341. The molecule has 2 aromatic carbocycles. The summed E-state index contributed by atoms with van der Waals surface area (Å²) in [4.78, 5) is 14.7. The van der Waals surface area contributed by atoms with E-state index in [2.05, 4.69) is 141 Å². The topological polar surface area (TPSA) is 84.4 Å². The Bertz CT molecular complexity index is 1990. The molecule has 5 heterocycles. The molecule has 0 saturated heterocycles. The quantitative estimate of drug-likeness (QED) is 0.195. The summed E-state index contributed by atoms with van der Waals surface area (Å²) in [6.07, 6.45) is 9.87. The Morgan fingerprint density at radius 1 is 0.667 bits per heavy atom. The first-order valence-electron chi connectivity index (χ1n) is 16.9. The zero-order chi connectivity index (χ0) is 34.8. The van der Waals surface area contributed by atoms with Gasteiger partial charge in [-0.15, -0.1) is 0 Å². The Hall–Kier alpha value is -4.91. The lowest BCUT2D eigenvalue weighted by atomic mass is 10.0. The largest absolute Gasteiger partial charge is 0.481 e. The predicted molar refractivity (Wildman–Crippen MR) is 202 cm³/mol. The molecule has 7 nitrogen and oxygen atoms in total. The lowest BCUT2D eigenvalue weighted by Crippen LogP contribution is -1.91. The van der Waals surface area contributed by atoms with Gasteiger partial charge in [-0.3, -0.25) is 4.68 Å². The van der Waals surface area contributed by atoms with E-state index in [0.717, 1.165) is 11.2 Å². The van der Waals surface area contributed by atoms with Gasteiger partial charge in [0, 0.05) is 65.8 Å². The van der Waals surface area contributed by atoms with Crippen LogP contribution in [0.5, 0.6) is 5.88 Å². The molecule has 5 aromatic heterocycles. The Labute approximate surface area is 285 Å². The van der Waals surface area contributed by atoms with Crippen LogP contribution < -0.4 is 4.74 Å². The highest BCUT2D eigenvalue weighted by Crippen LogP contribution is 2.24. The number of hydrogen-bond donors (Lipinski definition) is 2. The van der Waals surface area contributed by atoms with E-state index in [1.807, 2.05) is 48.5 Å². The molecule has 0 fully saturated rings. The molecule has 0 bridgehead atoms. The van der Waals surface area contributed by atoms with Crippen molar-refractivity contribution in [1.82, 2.24) is 29.7 Å². The number of pyridine rings is 2. The standard InChI is InChI=1S/C11H14N2.C11H13N.C10H12N2.C9H13NO/c1-8(2)9-4-5-11-10(6-9)7-13(3)12-11;1-8(2)10-7-12-11-6-4-3-5-9(10)11;1-7(2)9-5-8-3-4-11-10(8)12-6-9;1-7(2)8-4-5-9(11-3)10-6-8/h4-8H,1-3H3;3-8,12H,1-2H3;3-7H,1-2H3,(H,11,12);4-7H,1-3H3. The average Bonchev–Trinajstić information content (AvgIpc) is 3.82. The number of aromatic nitrogens is 6. The predicted octanol–water partition coefficient (Wildman–Crippen LogP) is 10.9. The number of rotatable bonds is 5. The molecule has 0 atom stereocenters. The number of hydrogen-bond acceptors (Lipinski definition) is 4. The Morgan fingerprint density at radius 3 is 1.98 bits per heavy atom. The first-order chi connectivity index (χ1) is 23.0. The summed E-state index contributed by atoms with van der Waals surface area (Å²) in [7, 11) is 3.58. The third kappa shape index (κ3) is 9.57. The van der Waals surface area contributed by atoms with Gasteiger partial charge >= 0.3 is 0 Å². The monoisotopic (exact) mass is 644 g/mol. The maximum atomic E-state index is 4.94. The lowest BCUT2D eigenvalue weighted by Gasteiger charge is -2.04. The van der Waals surface area contributed by atoms with Gasteiger partial charge < -0.3 is 14.7 Å². The van der Waals surface area contributed by atoms with Crippen LogP contribution in [0.1, 0.15) is 101 Å². The number of ether oxygens (including phenoxy) is 1. The first kappa shape index (κ1) is 35.9. The van der Waals surface area contributed by atoms with Crippen LogP contribution in [0.25, 0.3) is 32.8 Å². The van der Waals surface area contributed by atoms with Crippen LogP contribution in [0.3, 0.4) is 0 Å². The molecule has 252 valence electrons. The van der Waals surface area contributed by atoms with Crippen molar-refractivity contribution in [2.45, 2.75) is 79.1 Å². The van der Waals surface area contributed by atoms with E-state index in [0.29, 0.717) is 29.6 Å². The Kier molecular flexibility index (Phi) is 12.6. The molecule has 2 N–H and O–H groups in total. The second kappa shape index (κ2) is 16.8. The Morgan fingerprint density at radius 2 is 1.33 bits per heavy atom. The van der Waals surface area contributed by atoms with Crippen molar-refractivity contribution in [2.24, 2.45) is 7.05 Å². The van der Waals surface area contributed by atoms with Gasteiger partial charge in [0.25, 0.3) is 0 Å². The van der Waals surface area contributed by atoms with E-state index < -0.39 is 0 Å². The zero-order valence-corrected chi connectivity index (χ0v) is 30.2. The first-order valence-corrected chi connectivity index (χ1v) is 16.9. The van der Waals surface area contributed by atoms with Gasteiger partial charge in [-0.05, 0) is 76.3 Å². The van der Waals surface area contributed by atoms with Crippen molar-refractivity contribution in [3.63, 3.8) is 0 Å². The van der Waals surface area contributed by atoms with E-state index in [1.54, 1.807) is 7.11 Å². The minimum Gasteiger partial charge on any atom is -0.481 e. The van der Waals surface area contributed by atoms with E-state index in [-0.39, 0.29) is 0 Å². The summed E-state index contributed by atoms with van der Waals surface area (Å²) in [6, 6.07) is 23.0. The Balaban J connectivity index is 0.000000145. The molecular formula is C41H52N6O. The number of aromatic amines is 2. The van der Waals surface area contributed by atoms with E-state index in [1.165, 1.54) is 43.9 Å². The molecule has 0 aliphatic carbocycles. The highest BCUT2D eigenvalue weighted by molar-refractivity contribution is 5.83. The number of aryl methyl sites for hydroxylation is 1. The number of nitrogens with one attached hydrogen (secondary N) is 2. The summed E-state index contributed by atoms with van der Waals surface area (Å²) < 4.78 is 6.79. The van der Waals surface area contributed by atoms with Crippen molar-refractivity contribution in [1.29, 1.82) is 0 Å². The van der Waals surface area contributed by atoms with Crippen LogP contribution in [0.2, 0.25) is 0 Å². The number of methoxy groups -OCH3 is 1. The molecule has 48 heavy (non-hydrogen) atoms. The fourth-order valence-electron chi connectivity index (χ4n) is 5.22. The third-order valence-electron chi connectivity index (χ3n) is 8.28. The number of benzene rings is 2. The van der Waals surface area contributed by atoms with Crippen LogP contribution in [0, 0.1) is 0 Å². The zero-order valence-electron chi connectivity index (χ0n) is 30.2. The summed E-state index contributed by atoms with van der Waals surface area (Å²) in [5.41, 5.74) is 8.60. The SMILES string of the molecule is CC(C)c1c[nH]c2ccccc12.CC(C)c1ccc2nn(C)cc2c1.CC(C)c1cnc2[nH]ccc2c1.COc1ccc(C(C)C)cn1. The molecule has 0 radical (unpaired) electrons. The highest BCUT2D eigenvalue weighted by Gasteiger charge is 2.06. The van der Waals surface area contributed by atoms with Crippen LogP contribution in [0.4, 0.5) is 0 Å². The van der Waals surface area contributed by atoms with Gasteiger partial charge in [0.15, 0.2) is 0 Å². The number of nitrogens with zero attached hydrogens (tertiary/aromatic N) is 4. The smallest absolute Gasteiger partial charge is 0.212 e. The summed E-state index contributed by atoms with van der Waals surface area (Å²) in [5, 5.41) is 8.11. The van der Waals surface area contributed by atoms with Gasteiger partial charge in [-0.2, -0.15) is 5.10 Å². The van der Waals surface area contributed by atoms with Crippen LogP contribution in [-0.2, 0) is 7.05 Å². The van der Waals surface area contributed by atoms with Crippen LogP contribution in [-0.4, -0.2) is 36.8 Å². The number of para-hydroxylation sites is 1. The molecule has 0 amide bonds. The van der Waals surface area contributed by atoms with E-state index in [9.17, 15) is 0 Å². The van der Waals surface area contributed by atoms with Crippen LogP contribution >= 0.6 is 0 Å². The number of H-pyrrole nitrogens is 2. The minimum absolute atomic E-state index is 0.536. The normalized spacial score (nSPS) is 11.0. The molecule has 0 saturated carbocycles. The maximum absolute atomic E-state index is 4.94. The molecule has 7 rings (SSSR count). The average molecular weight is 645 g/mol. The summed E-state index contributed by atoms with van der Waals surface area (Å²) in [6.45, 7) is 17.5. The lowest BCUT2D eigenvalue weighted by molar-refractivity contribution is 0.397. The molecule has 0 aliphatic rings. The summed E-state index contributed by atoms with van der Waals surface area (Å²) >= 11 is 0. The molecular weight excluding hydrogens is 592 g/mol. The van der Waals surface area contributed by atoms with Gasteiger partial charge in [0.05, 0.1) is 12.6 Å². The van der Waals surface area contributed by atoms with Gasteiger partial charge in [0.1, 0.15) is 5.65 Å². The van der Waals surface area contributed by atoms with Crippen molar-refractivity contribution < 1.29 is 4.74 Å². The van der Waals surface area contributed by atoms with Crippen molar-refractivity contribution in [2.75, 3.05) is 7.11 Å². The second-order valence-corrected chi connectivity index (χ2v) is 13.3. The highest BCUT2D eigenvalue weighted by atomic mass is 16.5. The maximum Gasteiger partial charge on any atom is 0.212 e. The minimum atomic E-state index is 0.536. The van der Waals surface area contributed by atoms with Gasteiger partial charge in [0.2, 0.25) is 5.88 Å². The third-order valence-corrected chi connectivity index (χ3v) is 8.28.